The summed E-state index contributed by atoms with van der Waals surface area (Å²) in [6, 6.07) is 7.36. The topological polar surface area (TPSA) is 38.8 Å². The second-order valence-corrected chi connectivity index (χ2v) is 5.56. The number of hydrogen-bond acceptors (Lipinski definition) is 4. The summed E-state index contributed by atoms with van der Waals surface area (Å²) in [5, 5.41) is 0.565. The Hall–Kier alpha value is -1.36. The van der Waals surface area contributed by atoms with E-state index in [1.165, 1.54) is 0 Å². The predicted octanol–water partition coefficient (Wildman–Crippen LogP) is 2.04. The zero-order valence-electron chi connectivity index (χ0n) is 11.3. The van der Waals surface area contributed by atoms with Crippen LogP contribution in [0.1, 0.15) is 6.42 Å². The van der Waals surface area contributed by atoms with Crippen LogP contribution in [0.15, 0.2) is 24.3 Å². The van der Waals surface area contributed by atoms with Crippen LogP contribution in [0.3, 0.4) is 0 Å². The summed E-state index contributed by atoms with van der Waals surface area (Å²) in [5.74, 6) is 1.31. The maximum absolute atomic E-state index is 12.0. The number of benzene rings is 1. The molecular weight excluding hydrogens is 262 g/mol. The first-order chi connectivity index (χ1) is 9.24. The number of likely N-dealkylation sites (tertiary alicyclic amines) is 1. The lowest BCUT2D eigenvalue weighted by atomic mass is 10.3. The van der Waals surface area contributed by atoms with Crippen molar-refractivity contribution in [1.29, 1.82) is 0 Å². The van der Waals surface area contributed by atoms with E-state index < -0.39 is 0 Å². The number of thioether (sulfide) groups is 1. The van der Waals surface area contributed by atoms with Gasteiger partial charge in [0.05, 0.1) is 7.11 Å². The van der Waals surface area contributed by atoms with Gasteiger partial charge < -0.3 is 14.4 Å². The van der Waals surface area contributed by atoms with Crippen molar-refractivity contribution in [2.75, 3.05) is 33.1 Å². The van der Waals surface area contributed by atoms with Crippen molar-refractivity contribution in [3.05, 3.63) is 24.3 Å². The van der Waals surface area contributed by atoms with Gasteiger partial charge >= 0.3 is 0 Å². The largest absolute Gasteiger partial charge is 0.493 e. The molecule has 1 atom stereocenters. The van der Waals surface area contributed by atoms with Gasteiger partial charge in [-0.05, 0) is 24.8 Å². The quantitative estimate of drug-likeness (QED) is 0.828. The smallest absolute Gasteiger partial charge is 0.260 e. The standard InChI is InChI=1S/C14H19NO3S/c1-17-12-5-3-4-6-13(12)18-10-14(16)15-8-7-11(9-15)19-2/h3-6,11H,7-10H2,1-2H3/t11-/m0/s1. The number of para-hydroxylation sites is 2. The summed E-state index contributed by atoms with van der Waals surface area (Å²) < 4.78 is 10.7. The number of hydrogen-bond donors (Lipinski definition) is 0. The predicted molar refractivity (Wildman–Crippen MR) is 77.0 cm³/mol. The minimum absolute atomic E-state index is 0.0439. The molecule has 1 aliphatic heterocycles. The van der Waals surface area contributed by atoms with Crippen LogP contribution in [0.25, 0.3) is 0 Å². The first-order valence-corrected chi connectivity index (χ1v) is 7.59. The van der Waals surface area contributed by atoms with E-state index in [0.29, 0.717) is 16.7 Å². The fraction of sp³-hybridized carbons (Fsp3) is 0.500. The molecule has 4 nitrogen and oxygen atoms in total. The van der Waals surface area contributed by atoms with E-state index in [1.807, 2.05) is 34.9 Å². The third-order valence-corrected chi connectivity index (χ3v) is 4.30. The molecule has 0 aliphatic carbocycles. The van der Waals surface area contributed by atoms with Crippen molar-refractivity contribution in [2.45, 2.75) is 11.7 Å². The summed E-state index contributed by atoms with van der Waals surface area (Å²) in [6.07, 6.45) is 3.16. The van der Waals surface area contributed by atoms with Gasteiger partial charge in [-0.2, -0.15) is 11.8 Å². The molecule has 1 fully saturated rings. The van der Waals surface area contributed by atoms with Gasteiger partial charge in [0, 0.05) is 18.3 Å². The average Bonchev–Trinajstić information content (AvgIpc) is 2.94. The fourth-order valence-corrected chi connectivity index (χ4v) is 2.79. The highest BCUT2D eigenvalue weighted by atomic mass is 32.2. The van der Waals surface area contributed by atoms with Gasteiger partial charge in [0.2, 0.25) is 0 Å². The number of amides is 1. The van der Waals surface area contributed by atoms with Crippen LogP contribution >= 0.6 is 11.8 Å². The van der Waals surface area contributed by atoms with Crippen molar-refractivity contribution in [3.63, 3.8) is 0 Å². The van der Waals surface area contributed by atoms with Crippen LogP contribution in [-0.2, 0) is 4.79 Å². The zero-order chi connectivity index (χ0) is 13.7. The number of ether oxygens (including phenoxy) is 2. The minimum Gasteiger partial charge on any atom is -0.493 e. The molecule has 0 saturated carbocycles. The fourth-order valence-electron chi connectivity index (χ4n) is 2.12. The molecule has 0 unspecified atom stereocenters. The molecule has 0 radical (unpaired) electrons. The van der Waals surface area contributed by atoms with Crippen molar-refractivity contribution in [1.82, 2.24) is 4.90 Å². The molecule has 1 amide bonds. The van der Waals surface area contributed by atoms with Gasteiger partial charge in [0.25, 0.3) is 5.91 Å². The van der Waals surface area contributed by atoms with Gasteiger partial charge in [-0.1, -0.05) is 12.1 Å². The monoisotopic (exact) mass is 281 g/mol. The Morgan fingerprint density at radius 2 is 2.16 bits per heavy atom. The first-order valence-electron chi connectivity index (χ1n) is 6.31. The van der Waals surface area contributed by atoms with E-state index in [-0.39, 0.29) is 12.5 Å². The third kappa shape index (κ3) is 3.56. The molecular formula is C14H19NO3S. The molecule has 1 aromatic carbocycles. The van der Waals surface area contributed by atoms with Crippen LogP contribution < -0.4 is 9.47 Å². The highest BCUT2D eigenvalue weighted by Crippen LogP contribution is 2.26. The lowest BCUT2D eigenvalue weighted by Gasteiger charge is -2.17. The third-order valence-electron chi connectivity index (χ3n) is 3.25. The Balaban J connectivity index is 1.87. The molecule has 0 bridgehead atoms. The molecule has 0 aromatic heterocycles. The molecule has 1 saturated heterocycles. The number of methoxy groups -OCH3 is 1. The van der Waals surface area contributed by atoms with Gasteiger partial charge in [-0.15, -0.1) is 0 Å². The SMILES string of the molecule is COc1ccccc1OCC(=O)N1CC[C@H](SC)C1. The first kappa shape index (κ1) is 14.1. The van der Waals surface area contributed by atoms with Crippen LogP contribution in [-0.4, -0.2) is 49.1 Å². The van der Waals surface area contributed by atoms with Crippen LogP contribution in [0, 0.1) is 0 Å². The molecule has 1 heterocycles. The second kappa shape index (κ2) is 6.70. The van der Waals surface area contributed by atoms with Crippen molar-refractivity contribution in [3.8, 4) is 11.5 Å². The van der Waals surface area contributed by atoms with E-state index in [0.717, 1.165) is 19.5 Å². The maximum Gasteiger partial charge on any atom is 0.260 e. The summed E-state index contributed by atoms with van der Waals surface area (Å²) in [5.41, 5.74) is 0. The molecule has 2 rings (SSSR count). The Bertz CT molecular complexity index is 438. The van der Waals surface area contributed by atoms with Crippen molar-refractivity contribution in [2.24, 2.45) is 0 Å². The summed E-state index contributed by atoms with van der Waals surface area (Å²) in [4.78, 5) is 13.9. The highest BCUT2D eigenvalue weighted by molar-refractivity contribution is 7.99. The molecule has 104 valence electrons. The molecule has 1 aromatic rings. The normalized spacial score (nSPS) is 18.4. The average molecular weight is 281 g/mol. The van der Waals surface area contributed by atoms with Gasteiger partial charge in [0.15, 0.2) is 18.1 Å². The minimum atomic E-state index is 0.0439. The van der Waals surface area contributed by atoms with Crippen LogP contribution in [0.5, 0.6) is 11.5 Å². The Labute approximate surface area is 118 Å². The molecule has 0 N–H and O–H groups in total. The second-order valence-electron chi connectivity index (χ2n) is 4.43. The van der Waals surface area contributed by atoms with Crippen molar-refractivity contribution >= 4 is 17.7 Å². The Kier molecular flexibility index (Phi) is 4.96. The molecule has 1 aliphatic rings. The Morgan fingerprint density at radius 3 is 2.79 bits per heavy atom. The highest BCUT2D eigenvalue weighted by Gasteiger charge is 2.25. The van der Waals surface area contributed by atoms with E-state index in [4.69, 9.17) is 9.47 Å². The van der Waals surface area contributed by atoms with Gasteiger partial charge in [0.1, 0.15) is 0 Å². The number of carbonyl (C=O) groups excluding carboxylic acids is 1. The van der Waals surface area contributed by atoms with Crippen LogP contribution in [0.2, 0.25) is 0 Å². The van der Waals surface area contributed by atoms with Gasteiger partial charge in [-0.3, -0.25) is 4.79 Å². The summed E-state index contributed by atoms with van der Waals surface area (Å²) in [7, 11) is 1.59. The summed E-state index contributed by atoms with van der Waals surface area (Å²) in [6.45, 7) is 1.73. The maximum atomic E-state index is 12.0. The van der Waals surface area contributed by atoms with E-state index >= 15 is 0 Å². The number of rotatable bonds is 5. The van der Waals surface area contributed by atoms with E-state index in [1.54, 1.807) is 13.2 Å². The van der Waals surface area contributed by atoms with Crippen LogP contribution in [0.4, 0.5) is 0 Å². The molecule has 19 heavy (non-hydrogen) atoms. The Morgan fingerprint density at radius 1 is 1.42 bits per heavy atom. The lowest BCUT2D eigenvalue weighted by molar-refractivity contribution is -0.132. The zero-order valence-corrected chi connectivity index (χ0v) is 12.1. The van der Waals surface area contributed by atoms with Gasteiger partial charge in [-0.25, -0.2) is 0 Å². The number of carbonyl (C=O) groups is 1. The molecule has 5 heteroatoms. The molecule has 0 spiro atoms. The van der Waals surface area contributed by atoms with E-state index in [9.17, 15) is 4.79 Å². The number of nitrogens with zero attached hydrogens (tertiary/aromatic N) is 1. The van der Waals surface area contributed by atoms with Crippen molar-refractivity contribution < 1.29 is 14.3 Å². The lowest BCUT2D eigenvalue weighted by Crippen LogP contribution is -2.33. The summed E-state index contributed by atoms with van der Waals surface area (Å²) >= 11 is 1.82. The van der Waals surface area contributed by atoms with E-state index in [2.05, 4.69) is 6.26 Å².